The summed E-state index contributed by atoms with van der Waals surface area (Å²) in [5.74, 6) is 1.09. The van der Waals surface area contributed by atoms with Gasteiger partial charge in [0, 0.05) is 18.8 Å². The largest absolute Gasteiger partial charge is 0.378 e. The Balaban J connectivity index is 0.00000272. The molecule has 1 fully saturated rings. The Morgan fingerprint density at radius 2 is 1.61 bits per heavy atom. The molecule has 0 radical (unpaired) electrons. The van der Waals surface area contributed by atoms with Crippen LogP contribution in [0.25, 0.3) is 0 Å². The summed E-state index contributed by atoms with van der Waals surface area (Å²) >= 11 is 0. The smallest absolute Gasteiger partial charge is 0.222 e. The number of nitrogens with one attached hydrogen (secondary N) is 1. The van der Waals surface area contributed by atoms with Gasteiger partial charge in [0.15, 0.2) is 0 Å². The molecule has 166 valence electrons. The molecule has 2 aliphatic heterocycles. The Kier molecular flexibility index (Phi) is 7.08. The predicted octanol–water partition coefficient (Wildman–Crippen LogP) is 3.56. The van der Waals surface area contributed by atoms with Crippen LogP contribution in [0.5, 0.6) is 0 Å². The molecule has 0 aromatic heterocycles. The van der Waals surface area contributed by atoms with Gasteiger partial charge in [0.25, 0.3) is 0 Å². The maximum absolute atomic E-state index is 6.19. The second-order valence-corrected chi connectivity index (χ2v) is 7.85. The van der Waals surface area contributed by atoms with Crippen LogP contribution in [0.4, 0.5) is 11.4 Å². The monoisotopic (exact) mass is 442 g/mol. The van der Waals surface area contributed by atoms with Crippen molar-refractivity contribution in [2.75, 3.05) is 36.5 Å². The highest BCUT2D eigenvalue weighted by atomic mass is 35.5. The third-order valence-electron chi connectivity index (χ3n) is 5.95. The Morgan fingerprint density at radius 1 is 0.968 bits per heavy atom. The SMILES string of the molecule is Cc1cccc(NC2N=C(N)N=C(N3CCOCC3)N2c2cccc(C)c2C)c1C.Cl. The highest BCUT2D eigenvalue weighted by Gasteiger charge is 2.33. The van der Waals surface area contributed by atoms with E-state index in [1.807, 2.05) is 0 Å². The van der Waals surface area contributed by atoms with Gasteiger partial charge < -0.3 is 20.7 Å². The van der Waals surface area contributed by atoms with E-state index in [-0.39, 0.29) is 18.4 Å². The molecule has 31 heavy (non-hydrogen) atoms. The number of hydrogen-bond donors (Lipinski definition) is 2. The number of aryl methyl sites for hydroxylation is 2. The highest BCUT2D eigenvalue weighted by molar-refractivity contribution is 6.06. The molecule has 8 heteroatoms. The van der Waals surface area contributed by atoms with Gasteiger partial charge in [-0.25, -0.2) is 4.99 Å². The lowest BCUT2D eigenvalue weighted by Crippen LogP contribution is -2.57. The fraction of sp³-hybridized carbons (Fsp3) is 0.391. The van der Waals surface area contributed by atoms with Crippen LogP contribution >= 0.6 is 12.4 Å². The maximum atomic E-state index is 6.19. The minimum Gasteiger partial charge on any atom is -0.378 e. The molecule has 0 spiro atoms. The maximum Gasteiger partial charge on any atom is 0.222 e. The van der Waals surface area contributed by atoms with Crippen LogP contribution in [0, 0.1) is 27.7 Å². The number of nitrogens with zero attached hydrogens (tertiary/aromatic N) is 4. The fourth-order valence-electron chi connectivity index (χ4n) is 3.84. The van der Waals surface area contributed by atoms with Crippen molar-refractivity contribution >= 4 is 35.7 Å². The number of benzene rings is 2. The molecular weight excluding hydrogens is 412 g/mol. The minimum atomic E-state index is -0.402. The Hall–Kier alpha value is -2.77. The first-order chi connectivity index (χ1) is 14.5. The summed E-state index contributed by atoms with van der Waals surface area (Å²) in [7, 11) is 0. The molecule has 2 aromatic carbocycles. The Bertz CT molecular complexity index is 1000. The topological polar surface area (TPSA) is 78.5 Å². The molecule has 2 heterocycles. The summed E-state index contributed by atoms with van der Waals surface area (Å²) in [5.41, 5.74) is 13.1. The van der Waals surface area contributed by atoms with Crippen LogP contribution in [0.3, 0.4) is 0 Å². The molecule has 0 amide bonds. The van der Waals surface area contributed by atoms with E-state index in [0.717, 1.165) is 30.4 Å². The number of rotatable bonds is 3. The first-order valence-corrected chi connectivity index (χ1v) is 10.4. The van der Waals surface area contributed by atoms with Crippen molar-refractivity contribution in [3.8, 4) is 0 Å². The number of morpholine rings is 1. The molecule has 3 N–H and O–H groups in total. The summed E-state index contributed by atoms with van der Waals surface area (Å²) < 4.78 is 5.56. The van der Waals surface area contributed by atoms with Gasteiger partial charge in [-0.1, -0.05) is 24.3 Å². The van der Waals surface area contributed by atoms with Crippen LogP contribution in [-0.4, -0.2) is 49.4 Å². The number of guanidine groups is 2. The third-order valence-corrected chi connectivity index (χ3v) is 5.95. The zero-order valence-corrected chi connectivity index (χ0v) is 19.4. The molecule has 2 aliphatic rings. The van der Waals surface area contributed by atoms with E-state index in [9.17, 15) is 0 Å². The van der Waals surface area contributed by atoms with E-state index in [2.05, 4.69) is 89.2 Å². The lowest BCUT2D eigenvalue weighted by molar-refractivity contribution is 0.0671. The second kappa shape index (κ2) is 9.58. The van der Waals surface area contributed by atoms with Gasteiger partial charge in [0.1, 0.15) is 0 Å². The van der Waals surface area contributed by atoms with E-state index < -0.39 is 6.29 Å². The van der Waals surface area contributed by atoms with Gasteiger partial charge in [0.05, 0.1) is 18.9 Å². The Morgan fingerprint density at radius 3 is 2.32 bits per heavy atom. The van der Waals surface area contributed by atoms with Gasteiger partial charge in [-0.15, -0.1) is 12.4 Å². The number of aliphatic imine (C=N–C) groups is 2. The summed E-state index contributed by atoms with van der Waals surface area (Å²) in [5, 5.41) is 3.60. The van der Waals surface area contributed by atoms with E-state index in [1.54, 1.807) is 0 Å². The molecule has 1 unspecified atom stereocenters. The number of nitrogens with two attached hydrogens (primary N) is 1. The fourth-order valence-corrected chi connectivity index (χ4v) is 3.84. The predicted molar refractivity (Wildman–Crippen MR) is 130 cm³/mol. The van der Waals surface area contributed by atoms with E-state index in [1.165, 1.54) is 22.3 Å². The third kappa shape index (κ3) is 4.62. The van der Waals surface area contributed by atoms with Crippen LogP contribution in [0.15, 0.2) is 46.4 Å². The first-order valence-electron chi connectivity index (χ1n) is 10.4. The van der Waals surface area contributed by atoms with Crippen molar-refractivity contribution < 1.29 is 4.74 Å². The normalized spacial score (nSPS) is 18.8. The summed E-state index contributed by atoms with van der Waals surface area (Å²) in [4.78, 5) is 13.7. The minimum absolute atomic E-state index is 0. The molecule has 0 saturated carbocycles. The van der Waals surface area contributed by atoms with Crippen molar-refractivity contribution in [1.29, 1.82) is 0 Å². The van der Waals surface area contributed by atoms with Crippen LogP contribution in [0.2, 0.25) is 0 Å². The van der Waals surface area contributed by atoms with Crippen molar-refractivity contribution in [2.45, 2.75) is 34.0 Å². The molecule has 4 rings (SSSR count). The number of anilines is 2. The zero-order valence-electron chi connectivity index (χ0n) is 18.6. The van der Waals surface area contributed by atoms with Gasteiger partial charge in [-0.2, -0.15) is 4.99 Å². The molecule has 0 aliphatic carbocycles. The highest BCUT2D eigenvalue weighted by Crippen LogP contribution is 2.30. The average Bonchev–Trinajstić information content (AvgIpc) is 2.74. The van der Waals surface area contributed by atoms with Crippen molar-refractivity contribution in [1.82, 2.24) is 4.90 Å². The lowest BCUT2D eigenvalue weighted by Gasteiger charge is -2.41. The lowest BCUT2D eigenvalue weighted by atomic mass is 10.1. The zero-order chi connectivity index (χ0) is 21.3. The van der Waals surface area contributed by atoms with E-state index in [4.69, 9.17) is 10.5 Å². The van der Waals surface area contributed by atoms with E-state index >= 15 is 0 Å². The number of halogens is 1. The molecule has 1 atom stereocenters. The molecule has 0 bridgehead atoms. The number of ether oxygens (including phenoxy) is 1. The van der Waals surface area contributed by atoms with Gasteiger partial charge in [-0.05, 0) is 62.1 Å². The quantitative estimate of drug-likeness (QED) is 0.759. The summed E-state index contributed by atoms with van der Waals surface area (Å²) in [6, 6.07) is 12.6. The molecule has 2 aromatic rings. The standard InChI is InChI=1S/C23H30N6O.ClH/c1-15-7-5-9-19(17(15)3)25-22-26-21(24)27-23(28-11-13-30-14-12-28)29(22)20-10-6-8-16(2)18(20)4;/h5-10,22,25H,11-14H2,1-4H3,(H2,24,26);1H. The van der Waals surface area contributed by atoms with Crippen LogP contribution < -0.4 is 16.0 Å². The van der Waals surface area contributed by atoms with E-state index in [0.29, 0.717) is 13.2 Å². The Labute approximate surface area is 190 Å². The van der Waals surface area contributed by atoms with Gasteiger partial charge in [0.2, 0.25) is 18.2 Å². The second-order valence-electron chi connectivity index (χ2n) is 7.85. The average molecular weight is 443 g/mol. The summed E-state index contributed by atoms with van der Waals surface area (Å²) in [6.07, 6.45) is -0.402. The van der Waals surface area contributed by atoms with Crippen LogP contribution in [0.1, 0.15) is 22.3 Å². The summed E-state index contributed by atoms with van der Waals surface area (Å²) in [6.45, 7) is 11.4. The van der Waals surface area contributed by atoms with Crippen LogP contribution in [-0.2, 0) is 4.74 Å². The first kappa shape index (κ1) is 22.9. The number of hydrogen-bond acceptors (Lipinski definition) is 7. The van der Waals surface area contributed by atoms with Crippen molar-refractivity contribution in [3.63, 3.8) is 0 Å². The molecule has 7 nitrogen and oxygen atoms in total. The molecule has 1 saturated heterocycles. The van der Waals surface area contributed by atoms with Gasteiger partial charge >= 0.3 is 0 Å². The van der Waals surface area contributed by atoms with Gasteiger partial charge in [-0.3, -0.25) is 4.90 Å². The molecular formula is C23H31ClN6O. The van der Waals surface area contributed by atoms with Crippen molar-refractivity contribution in [2.24, 2.45) is 15.7 Å². The van der Waals surface area contributed by atoms with Crippen molar-refractivity contribution in [3.05, 3.63) is 58.7 Å².